The van der Waals surface area contributed by atoms with Crippen LogP contribution in [0.3, 0.4) is 0 Å². The molecule has 0 saturated heterocycles. The molecule has 5 heteroatoms. The number of hydrogen-bond acceptors (Lipinski definition) is 4. The summed E-state index contributed by atoms with van der Waals surface area (Å²) in [5, 5.41) is 0. The molecule has 2 N–H and O–H groups in total. The molecule has 1 amide bonds. The lowest BCUT2D eigenvalue weighted by molar-refractivity contribution is -0.149. The molecule has 0 spiro atoms. The van der Waals surface area contributed by atoms with Gasteiger partial charge in [-0.3, -0.25) is 9.59 Å². The van der Waals surface area contributed by atoms with E-state index in [2.05, 4.69) is 13.8 Å². The van der Waals surface area contributed by atoms with Crippen molar-refractivity contribution in [3.05, 3.63) is 0 Å². The summed E-state index contributed by atoms with van der Waals surface area (Å²) in [6.45, 7) is 4.88. The van der Waals surface area contributed by atoms with Gasteiger partial charge in [-0.1, -0.05) is 39.5 Å². The normalized spacial score (nSPS) is 22.1. The first-order valence-corrected chi connectivity index (χ1v) is 8.14. The second-order valence-electron chi connectivity index (χ2n) is 6.03. The van der Waals surface area contributed by atoms with E-state index in [-0.39, 0.29) is 30.4 Å². The topological polar surface area (TPSA) is 72.6 Å². The zero-order valence-electron chi connectivity index (χ0n) is 13.6. The lowest BCUT2D eigenvalue weighted by Gasteiger charge is -2.34. The van der Waals surface area contributed by atoms with E-state index >= 15 is 0 Å². The molecule has 2 unspecified atom stereocenters. The van der Waals surface area contributed by atoms with Crippen LogP contribution in [0.4, 0.5) is 0 Å². The van der Waals surface area contributed by atoms with Gasteiger partial charge < -0.3 is 15.4 Å². The first-order valence-electron chi connectivity index (χ1n) is 8.14. The molecule has 0 aromatic carbocycles. The van der Waals surface area contributed by atoms with Gasteiger partial charge in [-0.2, -0.15) is 0 Å². The summed E-state index contributed by atoms with van der Waals surface area (Å²) in [7, 11) is 1.36. The van der Waals surface area contributed by atoms with Crippen molar-refractivity contribution in [2.75, 3.05) is 20.2 Å². The van der Waals surface area contributed by atoms with E-state index in [0.717, 1.165) is 38.5 Å². The minimum absolute atomic E-state index is 0.0273. The van der Waals surface area contributed by atoms with Crippen molar-refractivity contribution in [1.29, 1.82) is 0 Å². The minimum Gasteiger partial charge on any atom is -0.468 e. The molecule has 1 aliphatic rings. The van der Waals surface area contributed by atoms with Crippen molar-refractivity contribution >= 4 is 11.9 Å². The lowest BCUT2D eigenvalue weighted by Crippen LogP contribution is -2.48. The third-order valence-electron chi connectivity index (χ3n) is 4.63. The Morgan fingerprint density at radius 2 is 1.86 bits per heavy atom. The van der Waals surface area contributed by atoms with E-state index in [4.69, 9.17) is 10.5 Å². The van der Waals surface area contributed by atoms with Gasteiger partial charge in [0, 0.05) is 12.6 Å². The van der Waals surface area contributed by atoms with Crippen LogP contribution in [0.2, 0.25) is 0 Å². The summed E-state index contributed by atoms with van der Waals surface area (Å²) < 4.78 is 4.73. The van der Waals surface area contributed by atoms with Crippen molar-refractivity contribution in [1.82, 2.24) is 4.90 Å². The molecule has 1 fully saturated rings. The molecule has 1 aliphatic carbocycles. The third-order valence-corrected chi connectivity index (χ3v) is 4.63. The Morgan fingerprint density at radius 3 is 2.38 bits per heavy atom. The fourth-order valence-corrected chi connectivity index (χ4v) is 3.01. The Bertz CT molecular complexity index is 342. The molecule has 0 bridgehead atoms. The number of ether oxygens (including phenoxy) is 1. The van der Waals surface area contributed by atoms with Crippen LogP contribution >= 0.6 is 0 Å². The fraction of sp³-hybridized carbons (Fsp3) is 0.875. The van der Waals surface area contributed by atoms with Crippen LogP contribution in [0, 0.1) is 11.8 Å². The number of methoxy groups -OCH3 is 1. The lowest BCUT2D eigenvalue weighted by atomic mass is 9.84. The van der Waals surface area contributed by atoms with Crippen molar-refractivity contribution in [2.45, 2.75) is 58.4 Å². The first-order chi connectivity index (χ1) is 10.0. The summed E-state index contributed by atoms with van der Waals surface area (Å²) >= 11 is 0. The fourth-order valence-electron chi connectivity index (χ4n) is 3.01. The molecule has 0 heterocycles. The number of hydrogen-bond donors (Lipinski definition) is 1. The molecule has 2 atom stereocenters. The smallest absolute Gasteiger partial charge is 0.325 e. The highest BCUT2D eigenvalue weighted by Crippen LogP contribution is 2.25. The van der Waals surface area contributed by atoms with Crippen LogP contribution < -0.4 is 5.73 Å². The van der Waals surface area contributed by atoms with Gasteiger partial charge in [-0.15, -0.1) is 0 Å². The number of nitrogens with zero attached hydrogens (tertiary/aromatic N) is 1. The number of nitrogens with two attached hydrogens (primary N) is 1. The summed E-state index contributed by atoms with van der Waals surface area (Å²) in [5.74, 6) is -0.0608. The summed E-state index contributed by atoms with van der Waals surface area (Å²) in [4.78, 5) is 26.0. The highest BCUT2D eigenvalue weighted by molar-refractivity contribution is 5.84. The van der Waals surface area contributed by atoms with Crippen molar-refractivity contribution in [2.24, 2.45) is 17.6 Å². The van der Waals surface area contributed by atoms with E-state index in [1.807, 2.05) is 0 Å². The van der Waals surface area contributed by atoms with Crippen LogP contribution in [0.5, 0.6) is 0 Å². The average molecular weight is 298 g/mol. The van der Waals surface area contributed by atoms with Gasteiger partial charge in [-0.05, 0) is 18.8 Å². The highest BCUT2D eigenvalue weighted by atomic mass is 16.5. The van der Waals surface area contributed by atoms with Gasteiger partial charge in [-0.25, -0.2) is 0 Å². The SMILES string of the molecule is CCC(CC)CN(CC(=O)OC)C(=O)C1CCCCC1N. The number of carbonyl (C=O) groups is 2. The van der Waals surface area contributed by atoms with Gasteiger partial charge in [0.05, 0.1) is 13.0 Å². The van der Waals surface area contributed by atoms with E-state index in [0.29, 0.717) is 12.5 Å². The molecule has 0 aromatic heterocycles. The van der Waals surface area contributed by atoms with Gasteiger partial charge in [0.2, 0.25) is 5.91 Å². The number of rotatable bonds is 7. The van der Waals surface area contributed by atoms with Crippen LogP contribution in [0.25, 0.3) is 0 Å². The second kappa shape index (κ2) is 9.03. The van der Waals surface area contributed by atoms with E-state index in [9.17, 15) is 9.59 Å². The minimum atomic E-state index is -0.362. The average Bonchev–Trinajstić information content (AvgIpc) is 2.50. The molecule has 21 heavy (non-hydrogen) atoms. The Hall–Kier alpha value is -1.10. The molecule has 1 rings (SSSR count). The Kier molecular flexibility index (Phi) is 7.72. The molecule has 0 aromatic rings. The van der Waals surface area contributed by atoms with Crippen LogP contribution in [0.15, 0.2) is 0 Å². The van der Waals surface area contributed by atoms with Gasteiger partial charge in [0.1, 0.15) is 6.54 Å². The molecule has 122 valence electrons. The molecule has 0 radical (unpaired) electrons. The Labute approximate surface area is 128 Å². The maximum absolute atomic E-state index is 12.8. The quantitative estimate of drug-likeness (QED) is 0.729. The maximum atomic E-state index is 12.8. The zero-order valence-corrected chi connectivity index (χ0v) is 13.6. The van der Waals surface area contributed by atoms with Crippen molar-refractivity contribution in [3.8, 4) is 0 Å². The van der Waals surface area contributed by atoms with Crippen LogP contribution in [0.1, 0.15) is 52.4 Å². The molecule has 0 aliphatic heterocycles. The van der Waals surface area contributed by atoms with E-state index < -0.39 is 0 Å². The summed E-state index contributed by atoms with van der Waals surface area (Å²) in [6.07, 6.45) is 5.86. The van der Waals surface area contributed by atoms with Crippen LogP contribution in [-0.2, 0) is 14.3 Å². The van der Waals surface area contributed by atoms with Crippen molar-refractivity contribution in [3.63, 3.8) is 0 Å². The molecular formula is C16H30N2O3. The Balaban J connectivity index is 2.77. The third kappa shape index (κ3) is 5.30. The van der Waals surface area contributed by atoms with Gasteiger partial charge in [0.15, 0.2) is 0 Å². The van der Waals surface area contributed by atoms with E-state index in [1.165, 1.54) is 7.11 Å². The van der Waals surface area contributed by atoms with E-state index in [1.54, 1.807) is 4.90 Å². The monoisotopic (exact) mass is 298 g/mol. The standard InChI is InChI=1S/C16H30N2O3/c1-4-12(5-2)10-18(11-15(19)21-3)16(20)13-8-6-7-9-14(13)17/h12-14H,4-11,17H2,1-3H3. The summed E-state index contributed by atoms with van der Waals surface area (Å²) in [5.41, 5.74) is 6.11. The van der Waals surface area contributed by atoms with Gasteiger partial charge >= 0.3 is 5.97 Å². The predicted molar refractivity (Wildman–Crippen MR) is 82.6 cm³/mol. The zero-order chi connectivity index (χ0) is 15.8. The summed E-state index contributed by atoms with van der Waals surface area (Å²) in [6, 6.07) is -0.0758. The number of esters is 1. The Morgan fingerprint density at radius 1 is 1.24 bits per heavy atom. The largest absolute Gasteiger partial charge is 0.468 e. The first kappa shape index (κ1) is 18.0. The molecule has 5 nitrogen and oxygen atoms in total. The van der Waals surface area contributed by atoms with Crippen molar-refractivity contribution < 1.29 is 14.3 Å². The highest BCUT2D eigenvalue weighted by Gasteiger charge is 2.33. The number of carbonyl (C=O) groups excluding carboxylic acids is 2. The molecule has 1 saturated carbocycles. The molecular weight excluding hydrogens is 268 g/mol. The van der Waals surface area contributed by atoms with Crippen LogP contribution in [-0.4, -0.2) is 43.0 Å². The second-order valence-corrected chi connectivity index (χ2v) is 6.03. The predicted octanol–water partition coefficient (Wildman–Crippen LogP) is 1.94. The maximum Gasteiger partial charge on any atom is 0.325 e. The number of amides is 1. The van der Waals surface area contributed by atoms with Gasteiger partial charge in [0.25, 0.3) is 0 Å².